The first kappa shape index (κ1) is 15.9. The Morgan fingerprint density at radius 3 is 1.71 bits per heavy atom. The molecule has 0 aliphatic carbocycles. The third kappa shape index (κ3) is 2.91. The highest BCUT2D eigenvalue weighted by atomic mass is 15.4. The quantitative estimate of drug-likeness (QED) is 0.677. The molecule has 0 radical (unpaired) electrons. The van der Waals surface area contributed by atoms with Crippen LogP contribution in [0.2, 0.25) is 0 Å². The molecule has 2 aliphatic rings. The Hall–Kier alpha value is -1.60. The topological polar surface area (TPSA) is 0 Å². The molecule has 2 bridgehead atoms. The zero-order valence-corrected chi connectivity index (χ0v) is 15.1. The Balaban J connectivity index is 1.58. The number of hydrogen-bond donors (Lipinski definition) is 0. The molecule has 2 unspecified atom stereocenters. The maximum Gasteiger partial charge on any atom is 0.0893 e. The maximum absolute atomic E-state index is 2.46. The Bertz CT molecular complexity index is 605. The van der Waals surface area contributed by atoms with Gasteiger partial charge in [-0.05, 0) is 23.5 Å². The van der Waals surface area contributed by atoms with Crippen LogP contribution in [-0.4, -0.2) is 30.7 Å². The summed E-state index contributed by atoms with van der Waals surface area (Å²) in [6, 6.07) is 24.1. The highest BCUT2D eigenvalue weighted by Gasteiger charge is 2.48. The molecule has 1 nitrogen and oxygen atoms in total. The van der Waals surface area contributed by atoms with Crippen LogP contribution < -0.4 is 0 Å². The van der Waals surface area contributed by atoms with E-state index in [1.807, 2.05) is 0 Å². The molecule has 24 heavy (non-hydrogen) atoms. The van der Waals surface area contributed by atoms with Crippen LogP contribution >= 0.6 is 0 Å². The van der Waals surface area contributed by atoms with Gasteiger partial charge in [-0.15, -0.1) is 0 Å². The molecule has 4 rings (SSSR count). The molecule has 0 spiro atoms. The van der Waals surface area contributed by atoms with Crippen molar-refractivity contribution < 1.29 is 4.48 Å². The number of rotatable bonds is 4. The van der Waals surface area contributed by atoms with Crippen molar-refractivity contribution in [1.29, 1.82) is 0 Å². The zero-order chi connectivity index (χ0) is 16.6. The van der Waals surface area contributed by atoms with E-state index in [1.54, 1.807) is 0 Å². The number of benzene rings is 2. The van der Waals surface area contributed by atoms with Crippen molar-refractivity contribution in [2.24, 2.45) is 5.92 Å². The van der Waals surface area contributed by atoms with Gasteiger partial charge in [-0.1, -0.05) is 60.7 Å². The third-order valence-corrected chi connectivity index (χ3v) is 6.90. The van der Waals surface area contributed by atoms with Crippen molar-refractivity contribution in [3.05, 3.63) is 71.8 Å². The van der Waals surface area contributed by atoms with Crippen molar-refractivity contribution in [3.63, 3.8) is 0 Å². The second kappa shape index (κ2) is 6.37. The molecule has 126 valence electrons. The summed E-state index contributed by atoms with van der Waals surface area (Å²) in [7, 11) is 4.93. The predicted octanol–water partition coefficient (Wildman–Crippen LogP) is 5.23. The van der Waals surface area contributed by atoms with E-state index < -0.39 is 0 Å². The largest absolute Gasteiger partial charge is 0.324 e. The fraction of sp³-hybridized carbons (Fsp3) is 0.478. The minimum atomic E-state index is 0.547. The average Bonchev–Trinajstić information content (AvgIpc) is 2.79. The van der Waals surface area contributed by atoms with E-state index >= 15 is 0 Å². The summed E-state index contributed by atoms with van der Waals surface area (Å²) in [5.41, 5.74) is 2.96. The summed E-state index contributed by atoms with van der Waals surface area (Å²) >= 11 is 0. The number of fused-ring (bicyclic) bond motifs is 2. The molecule has 2 heterocycles. The van der Waals surface area contributed by atoms with E-state index in [4.69, 9.17) is 0 Å². The number of nitrogens with zero attached hydrogens (tertiary/aromatic N) is 1. The highest BCUT2D eigenvalue weighted by Crippen LogP contribution is 2.45. The average molecular weight is 321 g/mol. The van der Waals surface area contributed by atoms with Gasteiger partial charge in [-0.3, -0.25) is 0 Å². The monoisotopic (exact) mass is 320 g/mol. The maximum atomic E-state index is 2.46. The molecule has 0 N–H and O–H groups in total. The minimum Gasteiger partial charge on any atom is -0.324 e. The van der Waals surface area contributed by atoms with Gasteiger partial charge in [0.25, 0.3) is 0 Å². The van der Waals surface area contributed by atoms with Crippen LogP contribution in [0.4, 0.5) is 0 Å². The molecule has 0 amide bonds. The van der Waals surface area contributed by atoms with Gasteiger partial charge in [0.05, 0.1) is 26.2 Å². The summed E-state index contributed by atoms with van der Waals surface area (Å²) in [6.07, 6.45) is 7.02. The van der Waals surface area contributed by atoms with Crippen molar-refractivity contribution >= 4 is 0 Å². The normalized spacial score (nSPS) is 28.2. The summed E-state index contributed by atoms with van der Waals surface area (Å²) < 4.78 is 1.28. The molecule has 2 atom stereocenters. The first-order chi connectivity index (χ1) is 11.6. The molecule has 1 heteroatoms. The first-order valence-electron chi connectivity index (χ1n) is 9.58. The molecule has 2 fully saturated rings. The second-order valence-electron chi connectivity index (χ2n) is 8.46. The first-order valence-corrected chi connectivity index (χ1v) is 9.58. The lowest BCUT2D eigenvalue weighted by atomic mass is 9.78. The molecule has 2 aliphatic heterocycles. The highest BCUT2D eigenvalue weighted by molar-refractivity contribution is 5.32. The molecule has 2 saturated heterocycles. The Labute approximate surface area is 146 Å². The minimum absolute atomic E-state index is 0.547. The zero-order valence-electron chi connectivity index (χ0n) is 15.1. The molecule has 0 saturated carbocycles. The number of quaternary nitrogens is 1. The fourth-order valence-corrected chi connectivity index (χ4v) is 5.35. The summed E-state index contributed by atoms with van der Waals surface area (Å²) in [4.78, 5) is 0. The Morgan fingerprint density at radius 2 is 1.25 bits per heavy atom. The van der Waals surface area contributed by atoms with Crippen LogP contribution in [-0.2, 0) is 0 Å². The van der Waals surface area contributed by atoms with Crippen molar-refractivity contribution in [2.75, 3.05) is 14.1 Å². The van der Waals surface area contributed by atoms with Crippen LogP contribution in [0.1, 0.15) is 49.1 Å². The van der Waals surface area contributed by atoms with E-state index in [0.29, 0.717) is 5.92 Å². The number of piperidine rings is 1. The van der Waals surface area contributed by atoms with Crippen LogP contribution in [0.15, 0.2) is 60.7 Å². The lowest BCUT2D eigenvalue weighted by Crippen LogP contribution is -2.54. The molecule has 2 aromatic carbocycles. The Morgan fingerprint density at radius 1 is 0.792 bits per heavy atom. The fourth-order valence-electron chi connectivity index (χ4n) is 5.35. The van der Waals surface area contributed by atoms with Crippen molar-refractivity contribution in [3.8, 4) is 0 Å². The van der Waals surface area contributed by atoms with Gasteiger partial charge in [0, 0.05) is 31.6 Å². The van der Waals surface area contributed by atoms with E-state index in [1.165, 1.54) is 47.7 Å². The second-order valence-corrected chi connectivity index (χ2v) is 8.46. The van der Waals surface area contributed by atoms with Gasteiger partial charge in [0.15, 0.2) is 0 Å². The number of hydrogen-bond acceptors (Lipinski definition) is 0. The SMILES string of the molecule is C[N+]1(C)C2CCC1CC(CC(c1ccccc1)c1ccccc1)C2. The summed E-state index contributed by atoms with van der Waals surface area (Å²) in [6.45, 7) is 0. The van der Waals surface area contributed by atoms with E-state index in [9.17, 15) is 0 Å². The Kier molecular flexibility index (Phi) is 4.22. The lowest BCUT2D eigenvalue weighted by molar-refractivity contribution is -0.931. The molecular formula is C23H30N+. The standard InChI is InChI=1S/C23H30N/c1-24(2)21-13-14-22(24)16-18(15-21)17-23(19-9-5-3-6-10-19)20-11-7-4-8-12-20/h3-12,18,21-23H,13-17H2,1-2H3/q+1. The van der Waals surface area contributed by atoms with Gasteiger partial charge in [0.2, 0.25) is 0 Å². The molecule has 2 aromatic rings. The smallest absolute Gasteiger partial charge is 0.0893 e. The van der Waals surface area contributed by atoms with E-state index in [2.05, 4.69) is 74.8 Å². The van der Waals surface area contributed by atoms with Crippen LogP contribution in [0.5, 0.6) is 0 Å². The van der Waals surface area contributed by atoms with Gasteiger partial charge in [-0.25, -0.2) is 0 Å². The lowest BCUT2D eigenvalue weighted by Gasteiger charge is -2.45. The van der Waals surface area contributed by atoms with Crippen LogP contribution in [0.25, 0.3) is 0 Å². The van der Waals surface area contributed by atoms with E-state index in [0.717, 1.165) is 18.0 Å². The van der Waals surface area contributed by atoms with Crippen molar-refractivity contribution in [2.45, 2.75) is 50.1 Å². The summed E-state index contributed by atoms with van der Waals surface area (Å²) in [5.74, 6) is 1.42. The van der Waals surface area contributed by atoms with Crippen LogP contribution in [0.3, 0.4) is 0 Å². The van der Waals surface area contributed by atoms with Gasteiger partial charge >= 0.3 is 0 Å². The third-order valence-electron chi connectivity index (χ3n) is 6.90. The van der Waals surface area contributed by atoms with E-state index in [-0.39, 0.29) is 0 Å². The van der Waals surface area contributed by atoms with Gasteiger partial charge in [-0.2, -0.15) is 0 Å². The predicted molar refractivity (Wildman–Crippen MR) is 101 cm³/mol. The van der Waals surface area contributed by atoms with Crippen molar-refractivity contribution in [1.82, 2.24) is 0 Å². The van der Waals surface area contributed by atoms with Gasteiger partial charge in [0.1, 0.15) is 0 Å². The van der Waals surface area contributed by atoms with Crippen LogP contribution in [0, 0.1) is 5.92 Å². The summed E-state index contributed by atoms with van der Waals surface area (Å²) in [5, 5.41) is 0. The molecule has 0 aromatic heterocycles. The van der Waals surface area contributed by atoms with Gasteiger partial charge < -0.3 is 4.48 Å². The molecular weight excluding hydrogens is 290 g/mol.